The van der Waals surface area contributed by atoms with Crippen LogP contribution in [0.2, 0.25) is 0 Å². The van der Waals surface area contributed by atoms with Crippen LogP contribution in [0.5, 0.6) is 5.75 Å². The number of aliphatic carboxylic acids is 1. The van der Waals surface area contributed by atoms with Crippen molar-refractivity contribution in [3.63, 3.8) is 0 Å². The molecule has 0 radical (unpaired) electrons. The van der Waals surface area contributed by atoms with E-state index >= 15 is 0 Å². The van der Waals surface area contributed by atoms with Gasteiger partial charge in [0, 0.05) is 18.7 Å². The van der Waals surface area contributed by atoms with Crippen LogP contribution in [0, 0.1) is 17.8 Å². The van der Waals surface area contributed by atoms with Crippen LogP contribution in [0.3, 0.4) is 0 Å². The van der Waals surface area contributed by atoms with Gasteiger partial charge in [0.15, 0.2) is 6.79 Å². The Morgan fingerprint density at radius 3 is 2.40 bits per heavy atom. The van der Waals surface area contributed by atoms with E-state index in [1.54, 1.807) is 14.0 Å². The van der Waals surface area contributed by atoms with E-state index in [1.807, 2.05) is 12.2 Å². The number of ether oxygens (including phenoxy) is 3. The predicted octanol–water partition coefficient (Wildman–Crippen LogP) is 6.35. The van der Waals surface area contributed by atoms with Crippen LogP contribution in [0.15, 0.2) is 48.1 Å². The fourth-order valence-corrected chi connectivity index (χ4v) is 7.15. The summed E-state index contributed by atoms with van der Waals surface area (Å²) in [6.07, 6.45) is 13.1. The Morgan fingerprint density at radius 1 is 1.03 bits per heavy atom. The van der Waals surface area contributed by atoms with Gasteiger partial charge in [-0.05, 0) is 109 Å². The van der Waals surface area contributed by atoms with Crippen LogP contribution >= 0.6 is 0 Å². The van der Waals surface area contributed by atoms with E-state index in [0.717, 1.165) is 34.5 Å². The van der Waals surface area contributed by atoms with Crippen LogP contribution in [0.1, 0.15) is 56.6 Å². The summed E-state index contributed by atoms with van der Waals surface area (Å²) in [5.74, 6) is 2.58. The second-order valence-corrected chi connectivity index (χ2v) is 10.9. The molecule has 0 spiro atoms. The van der Waals surface area contributed by atoms with Crippen molar-refractivity contribution in [3.8, 4) is 5.75 Å². The number of hydrogen-bond donors (Lipinski definition) is 1. The molecule has 186 valence electrons. The fourth-order valence-electron chi connectivity index (χ4n) is 7.15. The Balaban J connectivity index is 1.48. The second-order valence-electron chi connectivity index (χ2n) is 10.9. The number of carboxylic acids is 1. The smallest absolute Gasteiger partial charge is 0.328 e. The first-order valence-electron chi connectivity index (χ1n) is 12.8. The number of methoxy groups -OCH3 is 1. The molecular formula is C30H36O5. The summed E-state index contributed by atoms with van der Waals surface area (Å²) in [6.45, 7) is 3.10. The minimum Gasteiger partial charge on any atom is -0.478 e. The molecule has 0 heterocycles. The van der Waals surface area contributed by atoms with E-state index in [2.05, 4.69) is 30.3 Å². The lowest BCUT2D eigenvalue weighted by Crippen LogP contribution is -2.48. The highest BCUT2D eigenvalue weighted by molar-refractivity contribution is 5.88. The SMILES string of the molecule is COCCOCOc1cc2ccc(/C=C/C(C)=C/C(=O)O)cc2cc1C12CC3CC(CC(C3)C1)C2. The Kier molecular flexibility index (Phi) is 6.99. The normalized spacial score (nSPS) is 27.7. The monoisotopic (exact) mass is 476 g/mol. The molecule has 4 saturated carbocycles. The summed E-state index contributed by atoms with van der Waals surface area (Å²) < 4.78 is 17.0. The van der Waals surface area contributed by atoms with Gasteiger partial charge >= 0.3 is 5.97 Å². The Hall–Kier alpha value is -2.63. The van der Waals surface area contributed by atoms with E-state index in [4.69, 9.17) is 19.3 Å². The maximum atomic E-state index is 10.9. The van der Waals surface area contributed by atoms with Gasteiger partial charge in [0.2, 0.25) is 0 Å². The van der Waals surface area contributed by atoms with Crippen molar-refractivity contribution in [2.24, 2.45) is 17.8 Å². The Morgan fingerprint density at radius 2 is 1.74 bits per heavy atom. The first-order chi connectivity index (χ1) is 16.9. The predicted molar refractivity (Wildman–Crippen MR) is 138 cm³/mol. The van der Waals surface area contributed by atoms with Gasteiger partial charge in [-0.2, -0.15) is 0 Å². The van der Waals surface area contributed by atoms with Gasteiger partial charge in [-0.3, -0.25) is 0 Å². The molecule has 1 N–H and O–H groups in total. The quantitative estimate of drug-likeness (QED) is 0.187. The number of fused-ring (bicyclic) bond motifs is 1. The molecule has 5 nitrogen and oxygen atoms in total. The fraction of sp³-hybridized carbons (Fsp3) is 0.500. The maximum absolute atomic E-state index is 10.9. The molecule has 4 aliphatic carbocycles. The summed E-state index contributed by atoms with van der Waals surface area (Å²) in [4.78, 5) is 10.9. The van der Waals surface area contributed by atoms with Crippen molar-refractivity contribution in [3.05, 3.63) is 59.2 Å². The molecule has 0 aromatic heterocycles. The zero-order chi connectivity index (χ0) is 24.4. The standard InChI is InChI=1S/C30H36O5/c1-20(9-29(31)32)3-4-21-5-6-25-15-28(35-19-34-8-7-33-2)27(14-26(25)13-21)30-16-22-10-23(17-30)12-24(11-22)18-30/h3-6,9,13-15,22-24H,7-8,10-12,16-19H2,1-2H3,(H,31,32)/b4-3+,20-9+. The van der Waals surface area contributed by atoms with Crippen molar-refractivity contribution in [1.29, 1.82) is 0 Å². The van der Waals surface area contributed by atoms with Crippen LogP contribution in [0.4, 0.5) is 0 Å². The highest BCUT2D eigenvalue weighted by atomic mass is 16.7. The minimum atomic E-state index is -0.926. The number of benzene rings is 2. The number of rotatable bonds is 10. The molecule has 4 bridgehead atoms. The summed E-state index contributed by atoms with van der Waals surface area (Å²) in [5, 5.41) is 11.3. The van der Waals surface area contributed by atoms with Gasteiger partial charge < -0.3 is 19.3 Å². The number of carboxylic acid groups (broad SMARTS) is 1. The molecule has 0 amide bonds. The molecule has 0 aliphatic heterocycles. The third-order valence-corrected chi connectivity index (χ3v) is 8.19. The van der Waals surface area contributed by atoms with Crippen molar-refractivity contribution in [1.82, 2.24) is 0 Å². The Bertz CT molecular complexity index is 1110. The maximum Gasteiger partial charge on any atom is 0.328 e. The number of allylic oxidation sites excluding steroid dienone is 2. The van der Waals surface area contributed by atoms with Crippen molar-refractivity contribution < 1.29 is 24.1 Å². The second kappa shape index (κ2) is 10.2. The highest BCUT2D eigenvalue weighted by Gasteiger charge is 2.52. The van der Waals surface area contributed by atoms with E-state index in [0.29, 0.717) is 18.8 Å². The third-order valence-electron chi connectivity index (χ3n) is 8.19. The zero-order valence-electron chi connectivity index (χ0n) is 20.8. The molecule has 6 rings (SSSR count). The summed E-state index contributed by atoms with van der Waals surface area (Å²) in [6, 6.07) is 10.9. The van der Waals surface area contributed by atoms with Gasteiger partial charge in [0.05, 0.1) is 13.2 Å². The summed E-state index contributed by atoms with van der Waals surface area (Å²) >= 11 is 0. The lowest BCUT2D eigenvalue weighted by molar-refractivity contribution is -0.131. The Labute approximate surface area is 207 Å². The van der Waals surface area contributed by atoms with E-state index in [9.17, 15) is 4.79 Å². The molecule has 0 unspecified atom stereocenters. The summed E-state index contributed by atoms with van der Waals surface area (Å²) in [7, 11) is 1.67. The average Bonchev–Trinajstić information content (AvgIpc) is 2.81. The topological polar surface area (TPSA) is 65.0 Å². The largest absolute Gasteiger partial charge is 0.478 e. The van der Waals surface area contributed by atoms with Crippen LogP contribution in [-0.2, 0) is 19.7 Å². The molecular weight excluding hydrogens is 440 g/mol. The number of carbonyl (C=O) groups is 1. The van der Waals surface area contributed by atoms with Gasteiger partial charge in [-0.15, -0.1) is 0 Å². The molecule has 4 fully saturated rings. The highest BCUT2D eigenvalue weighted by Crippen LogP contribution is 2.62. The van der Waals surface area contributed by atoms with Gasteiger partial charge in [0.25, 0.3) is 0 Å². The van der Waals surface area contributed by atoms with Crippen LogP contribution in [-0.4, -0.2) is 38.2 Å². The summed E-state index contributed by atoms with van der Waals surface area (Å²) in [5.41, 5.74) is 3.33. The molecule has 0 saturated heterocycles. The first-order valence-corrected chi connectivity index (χ1v) is 12.8. The van der Waals surface area contributed by atoms with E-state index < -0.39 is 5.97 Å². The molecule has 4 aliphatic rings. The van der Waals surface area contributed by atoms with Gasteiger partial charge in [-0.25, -0.2) is 4.79 Å². The molecule has 2 aromatic carbocycles. The number of hydrogen-bond acceptors (Lipinski definition) is 4. The van der Waals surface area contributed by atoms with Crippen molar-refractivity contribution >= 4 is 22.8 Å². The zero-order valence-corrected chi connectivity index (χ0v) is 20.8. The first kappa shape index (κ1) is 24.1. The molecule has 2 aromatic rings. The molecule has 5 heteroatoms. The third kappa shape index (κ3) is 5.31. The van der Waals surface area contributed by atoms with E-state index in [1.165, 1.54) is 55.6 Å². The minimum absolute atomic E-state index is 0.206. The lowest BCUT2D eigenvalue weighted by atomic mass is 9.48. The van der Waals surface area contributed by atoms with E-state index in [-0.39, 0.29) is 12.2 Å². The molecule has 0 atom stereocenters. The van der Waals surface area contributed by atoms with Gasteiger partial charge in [0.1, 0.15) is 5.75 Å². The van der Waals surface area contributed by atoms with Crippen molar-refractivity contribution in [2.45, 2.75) is 50.9 Å². The molecule has 35 heavy (non-hydrogen) atoms. The van der Waals surface area contributed by atoms with Gasteiger partial charge in [-0.1, -0.05) is 24.3 Å². The van der Waals surface area contributed by atoms with Crippen molar-refractivity contribution in [2.75, 3.05) is 27.1 Å². The average molecular weight is 477 g/mol. The van der Waals surface area contributed by atoms with Crippen LogP contribution < -0.4 is 4.74 Å². The lowest BCUT2D eigenvalue weighted by Gasteiger charge is -2.57. The van der Waals surface area contributed by atoms with Crippen LogP contribution in [0.25, 0.3) is 16.8 Å².